The van der Waals surface area contributed by atoms with Gasteiger partial charge in [0.25, 0.3) is 0 Å². The Hall–Kier alpha value is -1.46. The topological polar surface area (TPSA) is 80.9 Å². The standard InChI is InChI=1S/C14H24N4O2/c1-13(2)8-6-5-7-10(13)11-15-16-17-18(11)9-14(3,4)12(19)20/h10H,5-9H2,1-4H3,(H,19,20). The average molecular weight is 280 g/mol. The minimum Gasteiger partial charge on any atom is -0.481 e. The molecule has 6 nitrogen and oxygen atoms in total. The van der Waals surface area contributed by atoms with E-state index in [0.717, 1.165) is 18.7 Å². The van der Waals surface area contributed by atoms with Crippen LogP contribution in [-0.4, -0.2) is 31.3 Å². The highest BCUT2D eigenvalue weighted by Gasteiger charge is 2.38. The van der Waals surface area contributed by atoms with Crippen molar-refractivity contribution in [1.82, 2.24) is 20.2 Å². The van der Waals surface area contributed by atoms with Crippen LogP contribution in [0.4, 0.5) is 0 Å². The van der Waals surface area contributed by atoms with Crippen LogP contribution in [0.5, 0.6) is 0 Å². The van der Waals surface area contributed by atoms with E-state index < -0.39 is 11.4 Å². The molecule has 1 atom stereocenters. The summed E-state index contributed by atoms with van der Waals surface area (Å²) in [6, 6.07) is 0. The fraction of sp³-hybridized carbons (Fsp3) is 0.857. The van der Waals surface area contributed by atoms with Crippen molar-refractivity contribution in [2.24, 2.45) is 10.8 Å². The Morgan fingerprint density at radius 3 is 2.75 bits per heavy atom. The van der Waals surface area contributed by atoms with Gasteiger partial charge in [-0.25, -0.2) is 4.68 Å². The molecule has 1 aromatic rings. The third-order valence-corrected chi connectivity index (χ3v) is 4.50. The summed E-state index contributed by atoms with van der Waals surface area (Å²) < 4.78 is 1.69. The van der Waals surface area contributed by atoms with Gasteiger partial charge < -0.3 is 5.11 Å². The number of hydrogen-bond acceptors (Lipinski definition) is 4. The lowest BCUT2D eigenvalue weighted by molar-refractivity contribution is -0.147. The fourth-order valence-electron chi connectivity index (χ4n) is 2.99. The summed E-state index contributed by atoms with van der Waals surface area (Å²) in [5, 5.41) is 21.2. The first-order valence-electron chi connectivity index (χ1n) is 7.23. The molecule has 1 fully saturated rings. The molecule has 0 saturated heterocycles. The molecule has 2 rings (SSSR count). The normalized spacial score (nSPS) is 22.7. The van der Waals surface area contributed by atoms with Crippen LogP contribution in [0.3, 0.4) is 0 Å². The van der Waals surface area contributed by atoms with Crippen molar-refractivity contribution in [1.29, 1.82) is 0 Å². The Kier molecular flexibility index (Phi) is 3.84. The van der Waals surface area contributed by atoms with E-state index in [9.17, 15) is 9.90 Å². The van der Waals surface area contributed by atoms with Crippen molar-refractivity contribution >= 4 is 5.97 Å². The maximum absolute atomic E-state index is 11.3. The predicted octanol–water partition coefficient (Wildman–Crippen LogP) is 2.47. The molecule has 0 spiro atoms. The summed E-state index contributed by atoms with van der Waals surface area (Å²) >= 11 is 0. The lowest BCUT2D eigenvalue weighted by atomic mass is 9.68. The number of hydrogen-bond donors (Lipinski definition) is 1. The Bertz CT molecular complexity index is 493. The number of nitrogens with zero attached hydrogens (tertiary/aromatic N) is 4. The van der Waals surface area contributed by atoms with E-state index in [4.69, 9.17) is 0 Å². The van der Waals surface area contributed by atoms with Crippen LogP contribution in [0.2, 0.25) is 0 Å². The summed E-state index contributed by atoms with van der Waals surface area (Å²) in [5.74, 6) is 0.307. The first kappa shape index (κ1) is 14.9. The fourth-order valence-corrected chi connectivity index (χ4v) is 2.99. The average Bonchev–Trinajstić information content (AvgIpc) is 2.75. The van der Waals surface area contributed by atoms with E-state index in [1.54, 1.807) is 18.5 Å². The maximum Gasteiger partial charge on any atom is 0.310 e. The molecule has 112 valence electrons. The van der Waals surface area contributed by atoms with Crippen LogP contribution in [0.25, 0.3) is 0 Å². The van der Waals surface area contributed by atoms with Crippen molar-refractivity contribution in [3.8, 4) is 0 Å². The maximum atomic E-state index is 11.3. The van der Waals surface area contributed by atoms with Gasteiger partial charge in [0.2, 0.25) is 0 Å². The van der Waals surface area contributed by atoms with Crippen molar-refractivity contribution in [3.63, 3.8) is 0 Å². The Morgan fingerprint density at radius 1 is 1.45 bits per heavy atom. The van der Waals surface area contributed by atoms with Gasteiger partial charge in [-0.1, -0.05) is 26.7 Å². The van der Waals surface area contributed by atoms with E-state index in [1.807, 2.05) is 0 Å². The zero-order valence-electron chi connectivity index (χ0n) is 12.8. The molecule has 1 N–H and O–H groups in total. The van der Waals surface area contributed by atoms with Gasteiger partial charge in [0.15, 0.2) is 5.82 Å². The lowest BCUT2D eigenvalue weighted by Crippen LogP contribution is -2.33. The largest absolute Gasteiger partial charge is 0.481 e. The lowest BCUT2D eigenvalue weighted by Gasteiger charge is -2.37. The summed E-state index contributed by atoms with van der Waals surface area (Å²) in [5.41, 5.74) is -0.707. The molecule has 0 aromatic carbocycles. The molecule has 20 heavy (non-hydrogen) atoms. The van der Waals surface area contributed by atoms with Gasteiger partial charge in [0, 0.05) is 5.92 Å². The van der Waals surface area contributed by atoms with Crippen molar-refractivity contribution in [2.75, 3.05) is 0 Å². The second-order valence-corrected chi connectivity index (χ2v) is 7.17. The number of carboxylic acids is 1. The number of aliphatic carboxylic acids is 1. The Balaban J connectivity index is 2.26. The molecule has 1 aliphatic carbocycles. The van der Waals surface area contributed by atoms with Crippen LogP contribution < -0.4 is 0 Å². The van der Waals surface area contributed by atoms with Crippen LogP contribution in [0.15, 0.2) is 0 Å². The van der Waals surface area contributed by atoms with E-state index in [0.29, 0.717) is 12.5 Å². The molecule has 1 heterocycles. The monoisotopic (exact) mass is 280 g/mol. The molecule has 0 amide bonds. The van der Waals surface area contributed by atoms with Crippen LogP contribution >= 0.6 is 0 Å². The van der Waals surface area contributed by atoms with E-state index in [-0.39, 0.29) is 5.41 Å². The predicted molar refractivity (Wildman–Crippen MR) is 74.2 cm³/mol. The first-order valence-corrected chi connectivity index (χ1v) is 7.23. The molecule has 1 aromatic heterocycles. The summed E-state index contributed by atoms with van der Waals surface area (Å²) in [7, 11) is 0. The minimum absolute atomic E-state index is 0.165. The highest BCUT2D eigenvalue weighted by Crippen LogP contribution is 2.46. The highest BCUT2D eigenvalue weighted by molar-refractivity contribution is 5.73. The summed E-state index contributed by atoms with van der Waals surface area (Å²) in [6.45, 7) is 8.20. The second-order valence-electron chi connectivity index (χ2n) is 7.17. The molecule has 1 aliphatic rings. The molecule has 0 radical (unpaired) electrons. The number of aromatic nitrogens is 4. The van der Waals surface area contributed by atoms with Gasteiger partial charge in [-0.3, -0.25) is 4.79 Å². The van der Waals surface area contributed by atoms with Gasteiger partial charge in [-0.05, 0) is 42.5 Å². The molecule has 1 unspecified atom stereocenters. The molecular weight excluding hydrogens is 256 g/mol. The molecule has 0 aliphatic heterocycles. The highest BCUT2D eigenvalue weighted by atomic mass is 16.4. The Labute approximate surface area is 119 Å². The number of tetrazole rings is 1. The zero-order valence-corrected chi connectivity index (χ0v) is 12.8. The smallest absolute Gasteiger partial charge is 0.310 e. The molecule has 1 saturated carbocycles. The molecular formula is C14H24N4O2. The zero-order chi connectivity index (χ0) is 15.0. The molecule has 6 heteroatoms. The van der Waals surface area contributed by atoms with Crippen molar-refractivity contribution in [2.45, 2.75) is 65.8 Å². The quantitative estimate of drug-likeness (QED) is 0.916. The number of carbonyl (C=O) groups is 1. The van der Waals surface area contributed by atoms with Crippen LogP contribution in [-0.2, 0) is 11.3 Å². The van der Waals surface area contributed by atoms with Crippen LogP contribution in [0, 0.1) is 10.8 Å². The number of rotatable bonds is 4. The van der Waals surface area contributed by atoms with E-state index >= 15 is 0 Å². The Morgan fingerprint density at radius 2 is 2.15 bits per heavy atom. The third-order valence-electron chi connectivity index (χ3n) is 4.50. The minimum atomic E-state index is -0.872. The van der Waals surface area contributed by atoms with E-state index in [2.05, 4.69) is 29.4 Å². The van der Waals surface area contributed by atoms with Crippen molar-refractivity contribution < 1.29 is 9.90 Å². The van der Waals surface area contributed by atoms with Gasteiger partial charge in [-0.15, -0.1) is 5.10 Å². The summed E-state index contributed by atoms with van der Waals surface area (Å²) in [6.07, 6.45) is 4.66. The van der Waals surface area contributed by atoms with Gasteiger partial charge >= 0.3 is 5.97 Å². The van der Waals surface area contributed by atoms with Gasteiger partial charge in [0.05, 0.1) is 12.0 Å². The first-order chi connectivity index (χ1) is 9.24. The van der Waals surface area contributed by atoms with E-state index in [1.165, 1.54) is 12.8 Å². The van der Waals surface area contributed by atoms with Gasteiger partial charge in [-0.2, -0.15) is 0 Å². The molecule has 0 bridgehead atoms. The summed E-state index contributed by atoms with van der Waals surface area (Å²) in [4.78, 5) is 11.3. The second kappa shape index (κ2) is 5.14. The van der Waals surface area contributed by atoms with Gasteiger partial charge in [0.1, 0.15) is 0 Å². The van der Waals surface area contributed by atoms with Crippen molar-refractivity contribution in [3.05, 3.63) is 5.82 Å². The third kappa shape index (κ3) is 2.83. The SMILES string of the molecule is CC(C)(Cn1nnnc1C1CCCCC1(C)C)C(=O)O. The van der Waals surface area contributed by atoms with Crippen LogP contribution in [0.1, 0.15) is 65.1 Å². The number of carboxylic acid groups (broad SMARTS) is 1.